The van der Waals surface area contributed by atoms with Crippen LogP contribution in [0, 0.1) is 28.9 Å². The Balaban J connectivity index is 2.21. The zero-order chi connectivity index (χ0) is 13.1. The van der Waals surface area contributed by atoms with Crippen LogP contribution in [0.15, 0.2) is 12.1 Å². The minimum Gasteiger partial charge on any atom is -0.484 e. The molecule has 1 aromatic carbocycles. The Labute approximate surface area is 105 Å². The predicted molar refractivity (Wildman–Crippen MR) is 63.1 cm³/mol. The van der Waals surface area contributed by atoms with Crippen molar-refractivity contribution in [3.63, 3.8) is 0 Å². The molecule has 1 aliphatic rings. The average Bonchev–Trinajstić information content (AvgIpc) is 2.35. The van der Waals surface area contributed by atoms with Gasteiger partial charge in [-0.2, -0.15) is 5.26 Å². The summed E-state index contributed by atoms with van der Waals surface area (Å²) in [5.74, 6) is -1.66. The lowest BCUT2D eigenvalue weighted by Gasteiger charge is -2.29. The first-order valence-electron chi connectivity index (χ1n) is 6.17. The zero-order valence-corrected chi connectivity index (χ0v) is 10.2. The molecule has 0 bridgehead atoms. The maximum Gasteiger partial charge on any atom is 0.191 e. The van der Waals surface area contributed by atoms with Crippen molar-refractivity contribution >= 4 is 0 Å². The van der Waals surface area contributed by atoms with Gasteiger partial charge in [0.05, 0.1) is 11.6 Å². The third-order valence-electron chi connectivity index (χ3n) is 3.43. The second-order valence-corrected chi connectivity index (χ2v) is 4.80. The number of nitriles is 1. The van der Waals surface area contributed by atoms with E-state index in [-0.39, 0.29) is 17.4 Å². The number of nitrogens with zero attached hydrogens (tertiary/aromatic N) is 1. The van der Waals surface area contributed by atoms with Crippen LogP contribution in [-0.4, -0.2) is 6.10 Å². The van der Waals surface area contributed by atoms with Crippen LogP contribution >= 0.6 is 0 Å². The van der Waals surface area contributed by atoms with Gasteiger partial charge < -0.3 is 4.74 Å². The van der Waals surface area contributed by atoms with Crippen LogP contribution in [0.1, 0.15) is 38.2 Å². The molecule has 2 rings (SSSR count). The molecule has 2 atom stereocenters. The molecule has 1 fully saturated rings. The standard InChI is InChI=1S/C14H15F2NO/c1-9-4-2-3-5-13(9)18-14-11(15)6-10(8-17)7-12(14)16/h6-7,9,13H,2-5H2,1H3. The first kappa shape index (κ1) is 12.8. The van der Waals surface area contributed by atoms with Crippen molar-refractivity contribution in [3.05, 3.63) is 29.3 Å². The lowest BCUT2D eigenvalue weighted by molar-refractivity contribution is 0.0932. The Kier molecular flexibility index (Phi) is 3.81. The molecule has 1 aliphatic carbocycles. The molecule has 0 aliphatic heterocycles. The summed E-state index contributed by atoms with van der Waals surface area (Å²) in [6.45, 7) is 2.03. The van der Waals surface area contributed by atoms with Crippen molar-refractivity contribution in [2.24, 2.45) is 5.92 Å². The first-order valence-corrected chi connectivity index (χ1v) is 6.17. The molecule has 96 valence electrons. The highest BCUT2D eigenvalue weighted by atomic mass is 19.1. The molecule has 1 saturated carbocycles. The lowest BCUT2D eigenvalue weighted by Crippen LogP contribution is -2.29. The van der Waals surface area contributed by atoms with Gasteiger partial charge in [0, 0.05) is 0 Å². The second kappa shape index (κ2) is 5.34. The summed E-state index contributed by atoms with van der Waals surface area (Å²) in [6, 6.07) is 3.72. The van der Waals surface area contributed by atoms with Crippen LogP contribution in [0.4, 0.5) is 8.78 Å². The molecule has 0 amide bonds. The van der Waals surface area contributed by atoms with Gasteiger partial charge in [-0.3, -0.25) is 0 Å². The average molecular weight is 251 g/mol. The highest BCUT2D eigenvalue weighted by Crippen LogP contribution is 2.31. The normalized spacial score (nSPS) is 23.4. The van der Waals surface area contributed by atoms with Crippen LogP contribution in [-0.2, 0) is 0 Å². The molecule has 2 nitrogen and oxygen atoms in total. The summed E-state index contributed by atoms with van der Waals surface area (Å²) in [5, 5.41) is 8.62. The Bertz CT molecular complexity index is 458. The van der Waals surface area contributed by atoms with Crippen molar-refractivity contribution in [1.82, 2.24) is 0 Å². The summed E-state index contributed by atoms with van der Waals surface area (Å²) in [7, 11) is 0. The van der Waals surface area contributed by atoms with E-state index in [1.54, 1.807) is 6.07 Å². The van der Waals surface area contributed by atoms with E-state index >= 15 is 0 Å². The van der Waals surface area contributed by atoms with Crippen LogP contribution in [0.5, 0.6) is 5.75 Å². The second-order valence-electron chi connectivity index (χ2n) is 4.80. The Morgan fingerprint density at radius 3 is 2.39 bits per heavy atom. The van der Waals surface area contributed by atoms with Gasteiger partial charge in [-0.05, 0) is 37.3 Å². The third kappa shape index (κ3) is 2.61. The van der Waals surface area contributed by atoms with Crippen LogP contribution in [0.3, 0.4) is 0 Å². The molecular formula is C14H15F2NO. The van der Waals surface area contributed by atoms with Gasteiger partial charge in [-0.25, -0.2) is 8.78 Å². The number of ether oxygens (including phenoxy) is 1. The van der Waals surface area contributed by atoms with E-state index in [1.807, 2.05) is 6.92 Å². The van der Waals surface area contributed by atoms with Gasteiger partial charge in [0.1, 0.15) is 6.10 Å². The van der Waals surface area contributed by atoms with Crippen molar-refractivity contribution in [2.75, 3.05) is 0 Å². The third-order valence-corrected chi connectivity index (χ3v) is 3.43. The van der Waals surface area contributed by atoms with Gasteiger partial charge in [0.25, 0.3) is 0 Å². The van der Waals surface area contributed by atoms with E-state index < -0.39 is 11.6 Å². The predicted octanol–water partition coefficient (Wildman–Crippen LogP) is 3.79. The molecule has 0 heterocycles. The molecule has 0 aromatic heterocycles. The zero-order valence-electron chi connectivity index (χ0n) is 10.2. The minimum atomic E-state index is -0.802. The highest BCUT2D eigenvalue weighted by Gasteiger charge is 2.25. The van der Waals surface area contributed by atoms with Crippen molar-refractivity contribution < 1.29 is 13.5 Å². The summed E-state index contributed by atoms with van der Waals surface area (Å²) >= 11 is 0. The smallest absolute Gasteiger partial charge is 0.191 e. The van der Waals surface area contributed by atoms with Crippen LogP contribution in [0.25, 0.3) is 0 Å². The number of hydrogen-bond donors (Lipinski definition) is 0. The Morgan fingerprint density at radius 1 is 1.22 bits per heavy atom. The summed E-state index contributed by atoms with van der Waals surface area (Å²) < 4.78 is 32.8. The summed E-state index contributed by atoms with van der Waals surface area (Å²) in [6.07, 6.45) is 3.86. The lowest BCUT2D eigenvalue weighted by atomic mass is 9.88. The Hall–Kier alpha value is -1.63. The molecule has 2 unspecified atom stereocenters. The number of benzene rings is 1. The van der Waals surface area contributed by atoms with E-state index in [1.165, 1.54) is 0 Å². The van der Waals surface area contributed by atoms with Gasteiger partial charge in [-0.1, -0.05) is 13.3 Å². The molecule has 0 radical (unpaired) electrons. The van der Waals surface area contributed by atoms with Crippen molar-refractivity contribution in [1.29, 1.82) is 5.26 Å². The maximum absolute atomic E-state index is 13.7. The minimum absolute atomic E-state index is 0.0333. The molecule has 4 heteroatoms. The highest BCUT2D eigenvalue weighted by molar-refractivity contribution is 5.37. The number of halogens is 2. The van der Waals surface area contributed by atoms with Crippen LogP contribution < -0.4 is 4.74 Å². The fraction of sp³-hybridized carbons (Fsp3) is 0.500. The summed E-state index contributed by atoms with van der Waals surface area (Å²) in [5.41, 5.74) is -0.0333. The van der Waals surface area contributed by atoms with E-state index in [0.29, 0.717) is 5.92 Å². The molecule has 0 spiro atoms. The Morgan fingerprint density at radius 2 is 1.83 bits per heavy atom. The largest absolute Gasteiger partial charge is 0.484 e. The van der Waals surface area contributed by atoms with E-state index in [4.69, 9.17) is 10.00 Å². The summed E-state index contributed by atoms with van der Waals surface area (Å²) in [4.78, 5) is 0. The maximum atomic E-state index is 13.7. The van der Waals surface area contributed by atoms with Gasteiger partial charge in [0.2, 0.25) is 0 Å². The quantitative estimate of drug-likeness (QED) is 0.801. The SMILES string of the molecule is CC1CCCCC1Oc1c(F)cc(C#N)cc1F. The topological polar surface area (TPSA) is 33.0 Å². The fourth-order valence-electron chi connectivity index (χ4n) is 2.35. The molecule has 0 saturated heterocycles. The van der Waals surface area contributed by atoms with Crippen molar-refractivity contribution in [3.8, 4) is 11.8 Å². The molecule has 1 aromatic rings. The van der Waals surface area contributed by atoms with E-state index in [0.717, 1.165) is 37.8 Å². The fourth-order valence-corrected chi connectivity index (χ4v) is 2.35. The number of rotatable bonds is 2. The van der Waals surface area contributed by atoms with Crippen molar-refractivity contribution in [2.45, 2.75) is 38.7 Å². The van der Waals surface area contributed by atoms with E-state index in [2.05, 4.69) is 0 Å². The van der Waals surface area contributed by atoms with Gasteiger partial charge >= 0.3 is 0 Å². The van der Waals surface area contributed by atoms with Crippen LogP contribution in [0.2, 0.25) is 0 Å². The van der Waals surface area contributed by atoms with Gasteiger partial charge in [-0.15, -0.1) is 0 Å². The number of hydrogen-bond acceptors (Lipinski definition) is 2. The van der Waals surface area contributed by atoms with Gasteiger partial charge in [0.15, 0.2) is 17.4 Å². The monoisotopic (exact) mass is 251 g/mol. The first-order chi connectivity index (χ1) is 8.61. The van der Waals surface area contributed by atoms with E-state index in [9.17, 15) is 8.78 Å². The molecular weight excluding hydrogens is 236 g/mol. The molecule has 0 N–H and O–H groups in total. The molecule has 18 heavy (non-hydrogen) atoms.